The Hall–Kier alpha value is -3.16. The Bertz CT molecular complexity index is 978. The van der Waals surface area contributed by atoms with Crippen molar-refractivity contribution in [2.24, 2.45) is 0 Å². The molecule has 1 aliphatic rings. The first-order valence-corrected chi connectivity index (χ1v) is 10.6. The Morgan fingerprint density at radius 2 is 1.69 bits per heavy atom. The number of aliphatic hydroxyl groups is 2. The second kappa shape index (κ2) is 10.4. The summed E-state index contributed by atoms with van der Waals surface area (Å²) in [5.74, 6) is -0.711. The number of ketones is 1. The average Bonchev–Trinajstić information content (AvgIpc) is 3.06. The number of likely N-dealkylation sites (tertiary alicyclic amines) is 1. The van der Waals surface area contributed by atoms with Crippen molar-refractivity contribution in [2.45, 2.75) is 25.8 Å². The van der Waals surface area contributed by atoms with Crippen LogP contribution in [0.1, 0.15) is 42.5 Å². The summed E-state index contributed by atoms with van der Waals surface area (Å²) >= 11 is 0. The quantitative estimate of drug-likeness (QED) is 0.270. The SMILES string of the molecule is COc1ccc(/C(O)=C2\C(=O)C(=O)N(CCOCCO)C2c2ccc(C(C)C)cc2)cc1. The molecule has 32 heavy (non-hydrogen) atoms. The summed E-state index contributed by atoms with van der Waals surface area (Å²) in [6.45, 7) is 4.50. The molecule has 0 saturated carbocycles. The largest absolute Gasteiger partial charge is 0.507 e. The highest BCUT2D eigenvalue weighted by molar-refractivity contribution is 6.46. The number of rotatable bonds is 9. The monoisotopic (exact) mass is 439 g/mol. The lowest BCUT2D eigenvalue weighted by molar-refractivity contribution is -0.140. The van der Waals surface area contributed by atoms with Gasteiger partial charge in [0.1, 0.15) is 11.5 Å². The molecular weight excluding hydrogens is 410 g/mol. The third-order valence-corrected chi connectivity index (χ3v) is 5.53. The molecule has 1 unspecified atom stereocenters. The molecule has 2 aromatic carbocycles. The zero-order valence-corrected chi connectivity index (χ0v) is 18.6. The minimum Gasteiger partial charge on any atom is -0.507 e. The Kier molecular flexibility index (Phi) is 7.66. The molecule has 170 valence electrons. The molecule has 0 radical (unpaired) electrons. The normalized spacial score (nSPS) is 17.9. The number of hydrogen-bond donors (Lipinski definition) is 2. The van der Waals surface area contributed by atoms with Crippen LogP contribution in [0.4, 0.5) is 0 Å². The molecular formula is C25H29NO6. The fourth-order valence-electron chi connectivity index (χ4n) is 3.75. The van der Waals surface area contributed by atoms with E-state index >= 15 is 0 Å². The van der Waals surface area contributed by atoms with Crippen LogP contribution >= 0.6 is 0 Å². The first-order chi connectivity index (χ1) is 15.4. The predicted octanol–water partition coefficient (Wildman–Crippen LogP) is 3.25. The van der Waals surface area contributed by atoms with Crippen molar-refractivity contribution in [3.8, 4) is 5.75 Å². The molecule has 0 bridgehead atoms. The van der Waals surface area contributed by atoms with Gasteiger partial charge in [0.05, 0.1) is 38.5 Å². The molecule has 0 spiro atoms. The average molecular weight is 440 g/mol. The van der Waals surface area contributed by atoms with Gasteiger partial charge in [-0.25, -0.2) is 0 Å². The van der Waals surface area contributed by atoms with Crippen LogP contribution in [0, 0.1) is 0 Å². The van der Waals surface area contributed by atoms with Gasteiger partial charge in [-0.2, -0.15) is 0 Å². The number of methoxy groups -OCH3 is 1. The van der Waals surface area contributed by atoms with Crippen LogP contribution in [0.15, 0.2) is 54.1 Å². The maximum Gasteiger partial charge on any atom is 0.295 e. The van der Waals surface area contributed by atoms with Crippen molar-refractivity contribution >= 4 is 17.4 Å². The lowest BCUT2D eigenvalue weighted by Crippen LogP contribution is -2.33. The van der Waals surface area contributed by atoms with Gasteiger partial charge >= 0.3 is 0 Å². The van der Waals surface area contributed by atoms with Crippen LogP contribution in [-0.2, 0) is 14.3 Å². The molecule has 1 aliphatic heterocycles. The second-order valence-electron chi connectivity index (χ2n) is 7.88. The van der Waals surface area contributed by atoms with E-state index in [9.17, 15) is 14.7 Å². The highest BCUT2D eigenvalue weighted by Gasteiger charge is 2.45. The van der Waals surface area contributed by atoms with E-state index in [2.05, 4.69) is 13.8 Å². The van der Waals surface area contributed by atoms with Crippen LogP contribution in [0.2, 0.25) is 0 Å². The van der Waals surface area contributed by atoms with Gasteiger partial charge in [-0.3, -0.25) is 9.59 Å². The van der Waals surface area contributed by atoms with Crippen molar-refractivity contribution in [1.29, 1.82) is 0 Å². The first kappa shape index (κ1) is 23.5. The van der Waals surface area contributed by atoms with E-state index in [1.165, 1.54) is 4.90 Å². The van der Waals surface area contributed by atoms with Crippen molar-refractivity contribution in [3.05, 3.63) is 70.8 Å². The van der Waals surface area contributed by atoms with Gasteiger partial charge in [0.2, 0.25) is 0 Å². The zero-order valence-electron chi connectivity index (χ0n) is 18.6. The highest BCUT2D eigenvalue weighted by Crippen LogP contribution is 2.39. The third kappa shape index (κ3) is 4.84. The number of carbonyl (C=O) groups excluding carboxylic acids is 2. The summed E-state index contributed by atoms with van der Waals surface area (Å²) in [6.07, 6.45) is 0. The lowest BCUT2D eigenvalue weighted by atomic mass is 9.93. The molecule has 2 aromatic rings. The standard InChI is InChI=1S/C25H29NO6/c1-16(2)17-4-6-18(7-5-17)22-21(23(28)19-8-10-20(31-3)11-9-19)24(29)25(30)26(22)12-14-32-15-13-27/h4-11,16,22,27-28H,12-15H2,1-3H3/b23-21+. The highest BCUT2D eigenvalue weighted by atomic mass is 16.5. The van der Waals surface area contributed by atoms with Crippen molar-refractivity contribution in [1.82, 2.24) is 4.90 Å². The van der Waals surface area contributed by atoms with E-state index in [0.29, 0.717) is 17.2 Å². The number of hydrogen-bond acceptors (Lipinski definition) is 6. The Morgan fingerprint density at radius 3 is 2.25 bits per heavy atom. The topological polar surface area (TPSA) is 96.3 Å². The van der Waals surface area contributed by atoms with Crippen LogP contribution in [0.3, 0.4) is 0 Å². The summed E-state index contributed by atoms with van der Waals surface area (Å²) in [5.41, 5.74) is 2.32. The Balaban J connectivity index is 2.05. The molecule has 0 aromatic heterocycles. The summed E-state index contributed by atoms with van der Waals surface area (Å²) in [5, 5.41) is 20.0. The maximum atomic E-state index is 13.0. The lowest BCUT2D eigenvalue weighted by Gasteiger charge is -2.25. The van der Waals surface area contributed by atoms with E-state index in [1.54, 1.807) is 31.4 Å². The van der Waals surface area contributed by atoms with E-state index in [4.69, 9.17) is 14.6 Å². The van der Waals surface area contributed by atoms with Crippen LogP contribution < -0.4 is 4.74 Å². The first-order valence-electron chi connectivity index (χ1n) is 10.6. The number of nitrogens with zero attached hydrogens (tertiary/aromatic N) is 1. The smallest absolute Gasteiger partial charge is 0.295 e. The Labute approximate surface area is 187 Å². The van der Waals surface area contributed by atoms with Crippen molar-refractivity contribution in [2.75, 3.05) is 33.5 Å². The zero-order chi connectivity index (χ0) is 23.3. The van der Waals surface area contributed by atoms with Crippen LogP contribution in [0.25, 0.3) is 5.76 Å². The number of benzene rings is 2. The summed E-state index contributed by atoms with van der Waals surface area (Å²) in [6, 6.07) is 13.6. The second-order valence-corrected chi connectivity index (χ2v) is 7.88. The number of ether oxygens (including phenoxy) is 2. The van der Waals surface area contributed by atoms with Crippen LogP contribution in [-0.4, -0.2) is 60.3 Å². The number of Topliss-reactive ketones (excluding diaryl/α,β-unsaturated/α-hetero) is 1. The van der Waals surface area contributed by atoms with E-state index in [1.807, 2.05) is 24.3 Å². The van der Waals surface area contributed by atoms with Crippen molar-refractivity contribution in [3.63, 3.8) is 0 Å². The Morgan fingerprint density at radius 1 is 1.03 bits per heavy atom. The minimum atomic E-state index is -0.740. The molecule has 1 amide bonds. The van der Waals surface area contributed by atoms with E-state index < -0.39 is 17.7 Å². The molecule has 7 nitrogen and oxygen atoms in total. The molecule has 1 saturated heterocycles. The maximum absolute atomic E-state index is 13.0. The summed E-state index contributed by atoms with van der Waals surface area (Å²) < 4.78 is 10.5. The van der Waals surface area contributed by atoms with E-state index in [-0.39, 0.29) is 37.7 Å². The predicted molar refractivity (Wildman–Crippen MR) is 120 cm³/mol. The molecule has 1 heterocycles. The molecule has 1 atom stereocenters. The molecule has 1 fully saturated rings. The number of carbonyl (C=O) groups is 2. The van der Waals surface area contributed by atoms with Gasteiger partial charge in [0.25, 0.3) is 11.7 Å². The molecule has 2 N–H and O–H groups in total. The number of amides is 1. The van der Waals surface area contributed by atoms with Gasteiger partial charge in [-0.05, 0) is 41.3 Å². The van der Waals surface area contributed by atoms with Gasteiger partial charge < -0.3 is 24.6 Å². The van der Waals surface area contributed by atoms with E-state index in [0.717, 1.165) is 11.1 Å². The van der Waals surface area contributed by atoms with Crippen molar-refractivity contribution < 1.29 is 29.3 Å². The van der Waals surface area contributed by atoms with Gasteiger partial charge in [-0.15, -0.1) is 0 Å². The number of aliphatic hydroxyl groups excluding tert-OH is 2. The summed E-state index contributed by atoms with van der Waals surface area (Å²) in [7, 11) is 1.54. The molecule has 0 aliphatic carbocycles. The van der Waals surface area contributed by atoms with Gasteiger partial charge in [0, 0.05) is 12.1 Å². The minimum absolute atomic E-state index is 0.0413. The fraction of sp³-hybridized carbons (Fsp3) is 0.360. The van der Waals surface area contributed by atoms with Gasteiger partial charge in [-0.1, -0.05) is 38.1 Å². The molecule has 7 heteroatoms. The van der Waals surface area contributed by atoms with Gasteiger partial charge in [0.15, 0.2) is 0 Å². The fourth-order valence-corrected chi connectivity index (χ4v) is 3.75. The van der Waals surface area contributed by atoms with Crippen LogP contribution in [0.5, 0.6) is 5.75 Å². The summed E-state index contributed by atoms with van der Waals surface area (Å²) in [4.78, 5) is 27.3. The third-order valence-electron chi connectivity index (χ3n) is 5.53. The molecule has 3 rings (SSSR count).